The number of unbranched alkanes of at least 4 members (excludes halogenated alkanes) is 20. The number of esters is 3. The van der Waals surface area contributed by atoms with E-state index in [1.807, 2.05) is 0 Å². The molecule has 3 unspecified atom stereocenters. The predicted octanol–water partition coefficient (Wildman–Crippen LogP) is 15.4. The Bertz CT molecular complexity index is 1420. The van der Waals surface area contributed by atoms with Crippen LogP contribution in [0.1, 0.15) is 226 Å². The van der Waals surface area contributed by atoms with Crippen molar-refractivity contribution in [3.05, 3.63) is 72.9 Å². The maximum Gasteiger partial charge on any atom is 0.472 e. The lowest BCUT2D eigenvalue weighted by atomic mass is 10.1. The summed E-state index contributed by atoms with van der Waals surface area (Å²) in [5.74, 6) is -1.53. The first kappa shape index (κ1) is 64.9. The summed E-state index contributed by atoms with van der Waals surface area (Å²) in [6.07, 6.45) is 54.4. The van der Waals surface area contributed by atoms with Gasteiger partial charge >= 0.3 is 25.7 Å². The molecule has 0 aliphatic rings. The molecule has 2 N–H and O–H groups in total. The van der Waals surface area contributed by atoms with Gasteiger partial charge < -0.3 is 24.2 Å². The number of carbonyl (C=O) groups is 3. The van der Waals surface area contributed by atoms with Gasteiger partial charge in [-0.15, -0.1) is 0 Å². The van der Waals surface area contributed by atoms with Crippen LogP contribution in [-0.4, -0.2) is 66.5 Å². The van der Waals surface area contributed by atoms with E-state index in [9.17, 15) is 28.9 Å². The molecule has 0 aromatic heterocycles. The Morgan fingerprint density at radius 3 is 1.24 bits per heavy atom. The second-order valence-corrected chi connectivity index (χ2v) is 19.1. The van der Waals surface area contributed by atoms with Gasteiger partial charge in [-0.1, -0.05) is 171 Å². The molecule has 392 valence electrons. The van der Waals surface area contributed by atoms with Gasteiger partial charge in [-0.25, -0.2) is 4.57 Å². The molecule has 12 heteroatoms. The van der Waals surface area contributed by atoms with Gasteiger partial charge in [0.25, 0.3) is 0 Å². The van der Waals surface area contributed by atoms with Crippen LogP contribution in [0, 0.1) is 0 Å². The maximum absolute atomic E-state index is 12.9. The number of aliphatic hydroxyl groups excluding tert-OH is 1. The van der Waals surface area contributed by atoms with Crippen molar-refractivity contribution in [2.24, 2.45) is 0 Å². The van der Waals surface area contributed by atoms with Crippen molar-refractivity contribution >= 4 is 25.7 Å². The lowest BCUT2D eigenvalue weighted by Crippen LogP contribution is -2.30. The Balaban J connectivity index is 4.80. The van der Waals surface area contributed by atoms with Crippen LogP contribution >= 0.6 is 7.82 Å². The first-order valence-electron chi connectivity index (χ1n) is 26.8. The van der Waals surface area contributed by atoms with Gasteiger partial charge in [0.1, 0.15) is 12.7 Å². The van der Waals surface area contributed by atoms with Crippen molar-refractivity contribution in [2.75, 3.05) is 26.4 Å². The third-order valence-electron chi connectivity index (χ3n) is 11.1. The highest BCUT2D eigenvalue weighted by Crippen LogP contribution is 2.43. The Morgan fingerprint density at radius 2 is 0.765 bits per heavy atom. The summed E-state index contributed by atoms with van der Waals surface area (Å²) in [5, 5.41) is 9.78. The van der Waals surface area contributed by atoms with Crippen molar-refractivity contribution in [3.63, 3.8) is 0 Å². The van der Waals surface area contributed by atoms with Crippen molar-refractivity contribution < 1.29 is 52.2 Å². The molecule has 68 heavy (non-hydrogen) atoms. The molecular formula is C56H97O11P. The maximum atomic E-state index is 12.9. The number of hydrogen-bond donors (Lipinski definition) is 2. The molecule has 11 nitrogen and oxygen atoms in total. The molecule has 0 spiro atoms. The molecule has 0 amide bonds. The van der Waals surface area contributed by atoms with Crippen LogP contribution in [-0.2, 0) is 42.2 Å². The number of rotatable bonds is 49. The summed E-state index contributed by atoms with van der Waals surface area (Å²) in [7, 11) is -4.76. The van der Waals surface area contributed by atoms with Crippen molar-refractivity contribution in [1.82, 2.24) is 0 Å². The number of ether oxygens (including phenoxy) is 3. The highest BCUT2D eigenvalue weighted by molar-refractivity contribution is 7.47. The molecule has 0 fully saturated rings. The molecule has 0 aromatic rings. The lowest BCUT2D eigenvalue weighted by Gasteiger charge is -2.21. The molecule has 0 aliphatic heterocycles. The van der Waals surface area contributed by atoms with Gasteiger partial charge in [0.05, 0.1) is 19.8 Å². The molecule has 3 atom stereocenters. The zero-order chi connectivity index (χ0) is 49.9. The molecule has 0 saturated heterocycles. The van der Waals surface area contributed by atoms with E-state index in [-0.39, 0.29) is 25.9 Å². The summed E-state index contributed by atoms with van der Waals surface area (Å²) in [5.41, 5.74) is 0. The Kier molecular flexibility index (Phi) is 48.0. The number of phosphoric acid groups is 1. The zero-order valence-corrected chi connectivity index (χ0v) is 43.9. The molecular weight excluding hydrogens is 880 g/mol. The average Bonchev–Trinajstić information content (AvgIpc) is 3.32. The summed E-state index contributed by atoms with van der Waals surface area (Å²) < 4.78 is 39.3. The predicted molar refractivity (Wildman–Crippen MR) is 279 cm³/mol. The molecule has 0 saturated carbocycles. The van der Waals surface area contributed by atoms with Crippen LogP contribution in [0.5, 0.6) is 0 Å². The first-order valence-corrected chi connectivity index (χ1v) is 28.3. The number of hydrogen-bond acceptors (Lipinski definition) is 10. The fraction of sp³-hybridized carbons (Fsp3) is 0.732. The van der Waals surface area contributed by atoms with E-state index in [4.69, 9.17) is 23.3 Å². The quantitative estimate of drug-likeness (QED) is 0.0197. The molecule has 0 bridgehead atoms. The molecule has 0 radical (unpaired) electrons. The van der Waals surface area contributed by atoms with Crippen molar-refractivity contribution in [1.29, 1.82) is 0 Å². The van der Waals surface area contributed by atoms with E-state index in [0.717, 1.165) is 122 Å². The van der Waals surface area contributed by atoms with Gasteiger partial charge in [-0.3, -0.25) is 23.4 Å². The minimum atomic E-state index is -4.76. The van der Waals surface area contributed by atoms with E-state index >= 15 is 0 Å². The van der Waals surface area contributed by atoms with Gasteiger partial charge in [0.2, 0.25) is 0 Å². The zero-order valence-electron chi connectivity index (χ0n) is 43.1. The molecule has 0 aliphatic carbocycles. The number of aliphatic hydroxyl groups is 1. The average molecular weight is 977 g/mol. The summed E-state index contributed by atoms with van der Waals surface area (Å²) in [6.45, 7) is 4.42. The van der Waals surface area contributed by atoms with E-state index < -0.39 is 57.8 Å². The monoisotopic (exact) mass is 977 g/mol. The van der Waals surface area contributed by atoms with Crippen LogP contribution in [0.25, 0.3) is 0 Å². The van der Waals surface area contributed by atoms with Gasteiger partial charge in [0, 0.05) is 19.3 Å². The van der Waals surface area contributed by atoms with Crippen LogP contribution in [0.2, 0.25) is 0 Å². The normalized spacial score (nSPS) is 14.0. The fourth-order valence-electron chi connectivity index (χ4n) is 6.98. The van der Waals surface area contributed by atoms with Gasteiger partial charge in [0.15, 0.2) is 6.10 Å². The topological polar surface area (TPSA) is 155 Å². The second-order valence-electron chi connectivity index (χ2n) is 17.7. The van der Waals surface area contributed by atoms with Crippen LogP contribution in [0.4, 0.5) is 0 Å². The fourth-order valence-corrected chi connectivity index (χ4v) is 7.77. The summed E-state index contributed by atoms with van der Waals surface area (Å²) >= 11 is 0. The molecule has 0 rings (SSSR count). The van der Waals surface area contributed by atoms with E-state index in [1.165, 1.54) is 44.9 Å². The summed E-state index contributed by atoms with van der Waals surface area (Å²) in [6, 6.07) is 0. The third kappa shape index (κ3) is 48.0. The van der Waals surface area contributed by atoms with Gasteiger partial charge in [-0.05, 0) is 109 Å². The smallest absolute Gasteiger partial charge is 0.462 e. The Hall–Kier alpha value is -3.08. The summed E-state index contributed by atoms with van der Waals surface area (Å²) in [4.78, 5) is 48.3. The van der Waals surface area contributed by atoms with Crippen molar-refractivity contribution in [3.8, 4) is 0 Å². The van der Waals surface area contributed by atoms with Crippen LogP contribution in [0.3, 0.4) is 0 Å². The minimum absolute atomic E-state index is 0.143. The van der Waals surface area contributed by atoms with E-state index in [2.05, 4.69) is 93.7 Å². The van der Waals surface area contributed by atoms with Crippen LogP contribution < -0.4 is 0 Å². The highest BCUT2D eigenvalue weighted by atomic mass is 31.2. The first-order chi connectivity index (χ1) is 33.2. The Labute approximate surface area is 414 Å². The lowest BCUT2D eigenvalue weighted by molar-refractivity contribution is -0.161. The van der Waals surface area contributed by atoms with E-state index in [1.54, 1.807) is 0 Å². The number of allylic oxidation sites excluding steroid dienone is 12. The minimum Gasteiger partial charge on any atom is -0.462 e. The number of carbonyl (C=O) groups excluding carboxylic acids is 3. The largest absolute Gasteiger partial charge is 0.472 e. The standard InChI is InChI=1S/C56H97O11P/c1-4-7-10-13-16-19-22-25-26-29-32-35-38-41-44-47-56(60)67-53(49-63-54(58)45-42-39-36-33-30-27-23-20-17-14-11-8-5-2)51-65-68(61,62)64-50-52(48-57)66-55(59)46-43-40-37-34-31-28-24-21-18-15-12-9-6-3/h8,11,16-17,19-21,24-27,30,52-53,57H,4-7,9-10,12-15,18,22-23,28-29,31-51H2,1-3H3,(H,61,62)/b11-8-,19-16-,20-17-,24-21-,26-25-,30-27-. The van der Waals surface area contributed by atoms with E-state index in [0.29, 0.717) is 19.3 Å². The van der Waals surface area contributed by atoms with Gasteiger partial charge in [-0.2, -0.15) is 0 Å². The second kappa shape index (κ2) is 50.3. The highest BCUT2D eigenvalue weighted by Gasteiger charge is 2.28. The third-order valence-corrected chi connectivity index (χ3v) is 12.0. The molecule has 0 aromatic carbocycles. The SMILES string of the molecule is CC/C=C\C/C=C\C/C=C\CCCCCC(=O)OCC(COP(=O)(O)OCC(CO)OC(=O)CCCCCCC/C=C\CCCCCC)OC(=O)CCCCCCC/C=C\C/C=C\CCCCC. The Morgan fingerprint density at radius 1 is 0.426 bits per heavy atom. The van der Waals surface area contributed by atoms with Crippen LogP contribution in [0.15, 0.2) is 72.9 Å². The number of phosphoric ester groups is 1. The van der Waals surface area contributed by atoms with Crippen molar-refractivity contribution in [2.45, 2.75) is 238 Å². The molecule has 0 heterocycles.